The third-order valence-electron chi connectivity index (χ3n) is 4.65. The van der Waals surface area contributed by atoms with Crippen molar-refractivity contribution >= 4 is 17.5 Å². The van der Waals surface area contributed by atoms with E-state index in [0.29, 0.717) is 17.1 Å². The molecular weight excluding hydrogens is 308 g/mol. The number of hydrogen-bond donors (Lipinski definition) is 2. The standard InChI is InChI=1S/C19H21ClN2O/c20-17-9-8-15(14-6-2-1-3-7-14)12-16(17)18(23)22-19(13-21)10-4-5-11-19/h1-3,6-9,12H,4-5,10-11,13,21H2,(H,22,23). The minimum Gasteiger partial charge on any atom is -0.345 e. The smallest absolute Gasteiger partial charge is 0.253 e. The molecule has 120 valence electrons. The lowest BCUT2D eigenvalue weighted by Crippen LogP contribution is -2.51. The highest BCUT2D eigenvalue weighted by atomic mass is 35.5. The molecule has 4 heteroatoms. The zero-order valence-electron chi connectivity index (χ0n) is 13.0. The number of halogens is 1. The first-order valence-corrected chi connectivity index (χ1v) is 8.39. The molecule has 0 heterocycles. The van der Waals surface area contributed by atoms with E-state index in [1.54, 1.807) is 6.07 Å². The molecule has 3 N–H and O–H groups in total. The maximum atomic E-state index is 12.7. The number of carbonyl (C=O) groups excluding carboxylic acids is 1. The summed E-state index contributed by atoms with van der Waals surface area (Å²) in [7, 11) is 0. The van der Waals surface area contributed by atoms with Crippen LogP contribution in [0.5, 0.6) is 0 Å². The number of benzene rings is 2. The summed E-state index contributed by atoms with van der Waals surface area (Å²) in [6.07, 6.45) is 4.08. The summed E-state index contributed by atoms with van der Waals surface area (Å²) in [6.45, 7) is 0.467. The Bertz CT molecular complexity index is 694. The maximum Gasteiger partial charge on any atom is 0.253 e. The van der Waals surface area contributed by atoms with Gasteiger partial charge in [0.2, 0.25) is 0 Å². The van der Waals surface area contributed by atoms with Gasteiger partial charge in [0.25, 0.3) is 5.91 Å². The van der Waals surface area contributed by atoms with E-state index >= 15 is 0 Å². The van der Waals surface area contributed by atoms with E-state index in [1.807, 2.05) is 42.5 Å². The molecule has 0 aromatic heterocycles. The molecule has 3 rings (SSSR count). The predicted molar refractivity (Wildman–Crippen MR) is 94.6 cm³/mol. The molecule has 2 aromatic rings. The molecule has 0 unspecified atom stereocenters. The van der Waals surface area contributed by atoms with Gasteiger partial charge in [-0.1, -0.05) is 60.8 Å². The van der Waals surface area contributed by atoms with Gasteiger partial charge in [0.15, 0.2) is 0 Å². The quantitative estimate of drug-likeness (QED) is 0.891. The molecule has 0 saturated heterocycles. The highest BCUT2D eigenvalue weighted by molar-refractivity contribution is 6.34. The molecule has 2 aromatic carbocycles. The minimum absolute atomic E-state index is 0.139. The molecular formula is C19H21ClN2O. The molecule has 23 heavy (non-hydrogen) atoms. The van der Waals surface area contributed by atoms with E-state index in [-0.39, 0.29) is 11.4 Å². The summed E-state index contributed by atoms with van der Waals surface area (Å²) < 4.78 is 0. The van der Waals surface area contributed by atoms with Gasteiger partial charge in [-0.15, -0.1) is 0 Å². The molecule has 1 fully saturated rings. The van der Waals surface area contributed by atoms with Gasteiger partial charge >= 0.3 is 0 Å². The first-order chi connectivity index (χ1) is 11.1. The molecule has 1 saturated carbocycles. The Morgan fingerprint density at radius 2 is 1.78 bits per heavy atom. The summed E-state index contributed by atoms with van der Waals surface area (Å²) in [6, 6.07) is 15.5. The van der Waals surface area contributed by atoms with E-state index in [2.05, 4.69) is 5.32 Å². The Kier molecular flexibility index (Phi) is 4.69. The molecule has 0 radical (unpaired) electrons. The number of rotatable bonds is 4. The van der Waals surface area contributed by atoms with E-state index in [4.69, 9.17) is 17.3 Å². The molecule has 0 aliphatic heterocycles. The van der Waals surface area contributed by atoms with Crippen molar-refractivity contribution in [3.63, 3.8) is 0 Å². The van der Waals surface area contributed by atoms with Crippen molar-refractivity contribution in [3.05, 3.63) is 59.1 Å². The van der Waals surface area contributed by atoms with E-state index in [9.17, 15) is 4.79 Å². The third-order valence-corrected chi connectivity index (χ3v) is 4.98. The van der Waals surface area contributed by atoms with Crippen molar-refractivity contribution in [1.82, 2.24) is 5.32 Å². The number of carbonyl (C=O) groups is 1. The second-order valence-corrected chi connectivity index (χ2v) is 6.61. The maximum absolute atomic E-state index is 12.7. The third kappa shape index (κ3) is 3.41. The predicted octanol–water partition coefficient (Wildman–Crippen LogP) is 4.01. The summed E-state index contributed by atoms with van der Waals surface area (Å²) in [5, 5.41) is 3.59. The lowest BCUT2D eigenvalue weighted by Gasteiger charge is -2.29. The Morgan fingerprint density at radius 1 is 1.09 bits per heavy atom. The first kappa shape index (κ1) is 16.0. The number of amides is 1. The Balaban J connectivity index is 1.88. The summed E-state index contributed by atoms with van der Waals surface area (Å²) in [5.41, 5.74) is 8.18. The van der Waals surface area contributed by atoms with Crippen LogP contribution in [0.15, 0.2) is 48.5 Å². The number of hydrogen-bond acceptors (Lipinski definition) is 2. The van der Waals surface area contributed by atoms with Crippen LogP contribution in [0.25, 0.3) is 11.1 Å². The second-order valence-electron chi connectivity index (χ2n) is 6.21. The van der Waals surface area contributed by atoms with E-state index < -0.39 is 0 Å². The Morgan fingerprint density at radius 3 is 2.43 bits per heavy atom. The topological polar surface area (TPSA) is 55.1 Å². The molecule has 3 nitrogen and oxygen atoms in total. The fourth-order valence-corrected chi connectivity index (χ4v) is 3.45. The van der Waals surface area contributed by atoms with Gasteiger partial charge in [-0.05, 0) is 36.1 Å². The van der Waals surface area contributed by atoms with Crippen molar-refractivity contribution < 1.29 is 4.79 Å². The lowest BCUT2D eigenvalue weighted by atomic mass is 9.96. The average molecular weight is 329 g/mol. The average Bonchev–Trinajstić information content (AvgIpc) is 3.05. The van der Waals surface area contributed by atoms with E-state index in [1.165, 1.54) is 0 Å². The van der Waals surface area contributed by atoms with Crippen molar-refractivity contribution in [2.45, 2.75) is 31.2 Å². The summed E-state index contributed by atoms with van der Waals surface area (Å²) in [5.74, 6) is -0.139. The largest absolute Gasteiger partial charge is 0.345 e. The SMILES string of the molecule is NCC1(NC(=O)c2cc(-c3ccccc3)ccc2Cl)CCCC1. The van der Waals surface area contributed by atoms with Gasteiger partial charge in [-0.2, -0.15) is 0 Å². The highest BCUT2D eigenvalue weighted by Gasteiger charge is 2.34. The number of nitrogens with two attached hydrogens (primary N) is 1. The molecule has 1 aliphatic carbocycles. The van der Waals surface area contributed by atoms with Crippen LogP contribution in [-0.4, -0.2) is 18.0 Å². The molecule has 1 aliphatic rings. The summed E-state index contributed by atoms with van der Waals surface area (Å²) in [4.78, 5) is 12.7. The van der Waals surface area contributed by atoms with Crippen LogP contribution in [0, 0.1) is 0 Å². The molecule has 0 atom stereocenters. The van der Waals surface area contributed by atoms with Crippen molar-refractivity contribution in [1.29, 1.82) is 0 Å². The lowest BCUT2D eigenvalue weighted by molar-refractivity contribution is 0.0903. The van der Waals surface area contributed by atoms with Gasteiger partial charge in [0.05, 0.1) is 16.1 Å². The van der Waals surface area contributed by atoms with Gasteiger partial charge in [-0.3, -0.25) is 4.79 Å². The van der Waals surface area contributed by atoms with Crippen LogP contribution < -0.4 is 11.1 Å². The molecule has 0 spiro atoms. The van der Waals surface area contributed by atoms with Gasteiger partial charge in [0.1, 0.15) is 0 Å². The van der Waals surface area contributed by atoms with Crippen molar-refractivity contribution in [2.75, 3.05) is 6.54 Å². The number of nitrogens with one attached hydrogen (secondary N) is 1. The zero-order chi connectivity index (χ0) is 16.3. The molecule has 0 bridgehead atoms. The Hall–Kier alpha value is -1.84. The van der Waals surface area contributed by atoms with Crippen molar-refractivity contribution in [2.24, 2.45) is 5.73 Å². The van der Waals surface area contributed by atoms with Crippen LogP contribution in [0.3, 0.4) is 0 Å². The van der Waals surface area contributed by atoms with Crippen LogP contribution in [0.2, 0.25) is 5.02 Å². The monoisotopic (exact) mass is 328 g/mol. The molecule has 1 amide bonds. The fraction of sp³-hybridized carbons (Fsp3) is 0.316. The van der Waals surface area contributed by atoms with Gasteiger partial charge < -0.3 is 11.1 Å². The second kappa shape index (κ2) is 6.73. The fourth-order valence-electron chi connectivity index (χ4n) is 3.25. The van der Waals surface area contributed by atoms with Crippen molar-refractivity contribution in [3.8, 4) is 11.1 Å². The summed E-state index contributed by atoms with van der Waals surface area (Å²) >= 11 is 6.26. The zero-order valence-corrected chi connectivity index (χ0v) is 13.8. The Labute approximate surface area is 141 Å². The van der Waals surface area contributed by atoms with Crippen LogP contribution in [0.1, 0.15) is 36.0 Å². The first-order valence-electron chi connectivity index (χ1n) is 8.01. The van der Waals surface area contributed by atoms with E-state index in [0.717, 1.165) is 36.8 Å². The van der Waals surface area contributed by atoms with Crippen LogP contribution in [-0.2, 0) is 0 Å². The van der Waals surface area contributed by atoms with Gasteiger partial charge in [-0.25, -0.2) is 0 Å². The van der Waals surface area contributed by atoms with Crippen LogP contribution in [0.4, 0.5) is 0 Å². The van der Waals surface area contributed by atoms with Gasteiger partial charge in [0, 0.05) is 6.54 Å². The van der Waals surface area contributed by atoms with Crippen LogP contribution >= 0.6 is 11.6 Å². The normalized spacial score (nSPS) is 16.3. The minimum atomic E-state index is -0.275. The highest BCUT2D eigenvalue weighted by Crippen LogP contribution is 2.30.